The standard InChI is InChI=1S/C31H34N4O6S2/c1-20-17-35(21(2)19-36)30(37)24-12-7-14-26(33-43(39,40)28-15-8-16-42-28)29(24)41-27(20)18-34(3)31(38)32-25-13-6-10-22-9-4-5-11-23(22)25/h4-16,20-21,27,33,36H,17-19H2,1-3H3,(H,32,38)/t20-,21-,27-/m1/s1. The van der Waals surface area contributed by atoms with Crippen molar-refractivity contribution in [3.05, 3.63) is 83.7 Å². The smallest absolute Gasteiger partial charge is 0.321 e. The van der Waals surface area contributed by atoms with E-state index in [4.69, 9.17) is 4.74 Å². The second-order valence-corrected chi connectivity index (χ2v) is 13.5. The number of urea groups is 1. The zero-order valence-electron chi connectivity index (χ0n) is 24.1. The van der Waals surface area contributed by atoms with E-state index in [0.29, 0.717) is 5.69 Å². The molecule has 43 heavy (non-hydrogen) atoms. The lowest BCUT2D eigenvalue weighted by Crippen LogP contribution is -2.50. The molecule has 5 rings (SSSR count). The Morgan fingerprint density at radius 2 is 1.81 bits per heavy atom. The number of nitrogens with zero attached hydrogens (tertiary/aromatic N) is 2. The van der Waals surface area contributed by atoms with Gasteiger partial charge in [-0.15, -0.1) is 11.3 Å². The molecule has 1 aromatic heterocycles. The minimum atomic E-state index is -3.95. The molecule has 0 unspecified atom stereocenters. The molecule has 0 aliphatic carbocycles. The molecule has 0 bridgehead atoms. The molecule has 3 aromatic carbocycles. The topological polar surface area (TPSA) is 128 Å². The van der Waals surface area contributed by atoms with Gasteiger partial charge >= 0.3 is 6.03 Å². The van der Waals surface area contributed by atoms with Gasteiger partial charge in [-0.2, -0.15) is 0 Å². The summed E-state index contributed by atoms with van der Waals surface area (Å²) in [7, 11) is -2.29. The number of likely N-dealkylation sites (N-methyl/N-ethyl adjacent to an activating group) is 1. The summed E-state index contributed by atoms with van der Waals surface area (Å²) in [4.78, 5) is 30.1. The Labute approximate surface area is 254 Å². The molecule has 0 saturated carbocycles. The number of nitrogens with one attached hydrogen (secondary N) is 2. The average Bonchev–Trinajstić information content (AvgIpc) is 3.55. The maximum atomic E-state index is 13.7. The Hall–Kier alpha value is -4.13. The van der Waals surface area contributed by atoms with Gasteiger partial charge in [0.05, 0.1) is 36.1 Å². The van der Waals surface area contributed by atoms with Crippen molar-refractivity contribution in [2.45, 2.75) is 30.2 Å². The van der Waals surface area contributed by atoms with Crippen LogP contribution in [0.4, 0.5) is 16.2 Å². The molecule has 12 heteroatoms. The first kappa shape index (κ1) is 30.3. The zero-order chi connectivity index (χ0) is 30.7. The van der Waals surface area contributed by atoms with Crippen LogP contribution in [0.2, 0.25) is 0 Å². The molecule has 0 spiro atoms. The molecule has 1 aliphatic rings. The van der Waals surface area contributed by atoms with Crippen molar-refractivity contribution in [2.75, 3.05) is 36.8 Å². The highest BCUT2D eigenvalue weighted by Gasteiger charge is 2.35. The van der Waals surface area contributed by atoms with Crippen LogP contribution in [0.1, 0.15) is 24.2 Å². The Bertz CT molecular complexity index is 1720. The number of hydrogen-bond donors (Lipinski definition) is 3. The molecule has 3 N–H and O–H groups in total. The fraction of sp³-hybridized carbons (Fsp3) is 0.290. The van der Waals surface area contributed by atoms with Gasteiger partial charge in [-0.25, -0.2) is 13.2 Å². The molecular formula is C31H34N4O6S2. The third-order valence-electron chi connectivity index (χ3n) is 7.53. The van der Waals surface area contributed by atoms with Gasteiger partial charge in [0.1, 0.15) is 10.3 Å². The minimum absolute atomic E-state index is 0.0715. The number of hydrogen-bond acceptors (Lipinski definition) is 7. The van der Waals surface area contributed by atoms with E-state index in [9.17, 15) is 23.1 Å². The largest absolute Gasteiger partial charge is 0.485 e. The quantitative estimate of drug-likeness (QED) is 0.251. The number of aliphatic hydroxyl groups excluding tert-OH is 1. The molecule has 0 fully saturated rings. The van der Waals surface area contributed by atoms with Crippen molar-refractivity contribution in [3.63, 3.8) is 0 Å². The average molecular weight is 623 g/mol. The number of amides is 3. The van der Waals surface area contributed by atoms with Crippen molar-refractivity contribution < 1.29 is 27.9 Å². The summed E-state index contributed by atoms with van der Waals surface area (Å²) >= 11 is 1.07. The van der Waals surface area contributed by atoms with Gasteiger partial charge in [0.15, 0.2) is 5.75 Å². The SMILES string of the molecule is C[C@@H]1CN([C@H](C)CO)C(=O)c2cccc(NS(=O)(=O)c3cccs3)c2O[C@@H]1CN(C)C(=O)Nc1cccc2ccccc12. The highest BCUT2D eigenvalue weighted by molar-refractivity contribution is 7.94. The van der Waals surface area contributed by atoms with Crippen LogP contribution in [0.15, 0.2) is 82.4 Å². The van der Waals surface area contributed by atoms with Gasteiger partial charge < -0.3 is 25.0 Å². The Morgan fingerprint density at radius 1 is 1.09 bits per heavy atom. The summed E-state index contributed by atoms with van der Waals surface area (Å²) < 4.78 is 35.4. The lowest BCUT2D eigenvalue weighted by Gasteiger charge is -2.38. The number of rotatable bonds is 8. The number of carbonyl (C=O) groups excluding carboxylic acids is 2. The first-order valence-corrected chi connectivity index (χ1v) is 16.2. The van der Waals surface area contributed by atoms with Crippen molar-refractivity contribution in [3.8, 4) is 5.75 Å². The van der Waals surface area contributed by atoms with E-state index >= 15 is 0 Å². The number of sulfonamides is 1. The van der Waals surface area contributed by atoms with Crippen LogP contribution in [-0.2, 0) is 10.0 Å². The number of ether oxygens (including phenoxy) is 1. The van der Waals surface area contributed by atoms with Crippen molar-refractivity contribution in [1.82, 2.24) is 9.80 Å². The summed E-state index contributed by atoms with van der Waals surface area (Å²) in [6.45, 7) is 3.79. The Balaban J connectivity index is 1.46. The van der Waals surface area contributed by atoms with E-state index < -0.39 is 22.2 Å². The molecular weight excluding hydrogens is 588 g/mol. The van der Waals surface area contributed by atoms with Gasteiger partial charge in [-0.05, 0) is 42.0 Å². The molecule has 226 valence electrons. The normalized spacial score (nSPS) is 17.8. The number of para-hydroxylation sites is 1. The number of aliphatic hydroxyl groups is 1. The molecule has 3 atom stereocenters. The fourth-order valence-corrected chi connectivity index (χ4v) is 7.11. The fourth-order valence-electron chi connectivity index (χ4n) is 5.05. The molecule has 1 aliphatic heterocycles. The lowest BCUT2D eigenvalue weighted by molar-refractivity contribution is 0.0373. The van der Waals surface area contributed by atoms with E-state index in [1.54, 1.807) is 42.5 Å². The van der Waals surface area contributed by atoms with Gasteiger partial charge in [0.2, 0.25) is 0 Å². The molecule has 3 amide bonds. The van der Waals surface area contributed by atoms with E-state index in [0.717, 1.165) is 22.1 Å². The number of fused-ring (bicyclic) bond motifs is 2. The second kappa shape index (κ2) is 12.6. The van der Waals surface area contributed by atoms with Crippen LogP contribution in [-0.4, -0.2) is 74.2 Å². The summed E-state index contributed by atoms with van der Waals surface area (Å²) in [5.41, 5.74) is 0.940. The van der Waals surface area contributed by atoms with Crippen LogP contribution in [0.3, 0.4) is 0 Å². The summed E-state index contributed by atoms with van der Waals surface area (Å²) in [5, 5.41) is 16.5. The van der Waals surface area contributed by atoms with Crippen LogP contribution in [0, 0.1) is 5.92 Å². The molecule has 4 aromatic rings. The van der Waals surface area contributed by atoms with Crippen LogP contribution >= 0.6 is 11.3 Å². The van der Waals surface area contributed by atoms with Gasteiger partial charge in [-0.3, -0.25) is 9.52 Å². The highest BCUT2D eigenvalue weighted by atomic mass is 32.2. The monoisotopic (exact) mass is 622 g/mol. The van der Waals surface area contributed by atoms with Crippen LogP contribution in [0.25, 0.3) is 10.8 Å². The second-order valence-electron chi connectivity index (χ2n) is 10.7. The zero-order valence-corrected chi connectivity index (χ0v) is 25.7. The van der Waals surface area contributed by atoms with Crippen molar-refractivity contribution >= 4 is 55.4 Å². The van der Waals surface area contributed by atoms with Gasteiger partial charge in [0.25, 0.3) is 15.9 Å². The predicted octanol–water partition coefficient (Wildman–Crippen LogP) is 5.09. The van der Waals surface area contributed by atoms with E-state index in [2.05, 4.69) is 10.0 Å². The summed E-state index contributed by atoms with van der Waals surface area (Å²) in [6, 6.07) is 20.4. The summed E-state index contributed by atoms with van der Waals surface area (Å²) in [5.74, 6) is -0.607. The summed E-state index contributed by atoms with van der Waals surface area (Å²) in [6.07, 6.45) is -0.629. The number of carbonyl (C=O) groups is 2. The van der Waals surface area contributed by atoms with Crippen LogP contribution < -0.4 is 14.8 Å². The van der Waals surface area contributed by atoms with Gasteiger partial charge in [-0.1, -0.05) is 55.5 Å². The lowest BCUT2D eigenvalue weighted by atomic mass is 9.99. The van der Waals surface area contributed by atoms with Crippen molar-refractivity contribution in [1.29, 1.82) is 0 Å². The number of benzene rings is 3. The third-order valence-corrected chi connectivity index (χ3v) is 10.3. The van der Waals surface area contributed by atoms with Gasteiger partial charge in [0, 0.05) is 24.9 Å². The van der Waals surface area contributed by atoms with Crippen LogP contribution in [0.5, 0.6) is 5.75 Å². The first-order valence-electron chi connectivity index (χ1n) is 13.9. The van der Waals surface area contributed by atoms with E-state index in [1.165, 1.54) is 17.0 Å². The Morgan fingerprint density at radius 3 is 2.56 bits per heavy atom. The third kappa shape index (κ3) is 6.46. The first-order chi connectivity index (χ1) is 20.6. The maximum Gasteiger partial charge on any atom is 0.321 e. The molecule has 10 nitrogen and oxygen atoms in total. The highest BCUT2D eigenvalue weighted by Crippen LogP contribution is 2.36. The number of thiophene rings is 1. The molecule has 0 radical (unpaired) electrons. The maximum absolute atomic E-state index is 13.7. The number of anilines is 2. The molecule has 2 heterocycles. The van der Waals surface area contributed by atoms with E-state index in [-0.39, 0.29) is 58.8 Å². The Kier molecular flexibility index (Phi) is 8.90. The van der Waals surface area contributed by atoms with Crippen molar-refractivity contribution in [2.24, 2.45) is 5.92 Å². The molecule has 0 saturated heterocycles. The van der Waals surface area contributed by atoms with E-state index in [1.807, 2.05) is 49.4 Å². The predicted molar refractivity (Wildman–Crippen MR) is 168 cm³/mol. The minimum Gasteiger partial charge on any atom is -0.485 e.